The number of methoxy groups -OCH3 is 2. The second-order valence-corrected chi connectivity index (χ2v) is 5.83. The Kier molecular flexibility index (Phi) is 4.34. The molecule has 0 aromatic heterocycles. The van der Waals surface area contributed by atoms with Crippen molar-refractivity contribution in [3.05, 3.63) is 58.7 Å². The first-order valence-corrected chi connectivity index (χ1v) is 7.75. The van der Waals surface area contributed by atoms with E-state index in [0.29, 0.717) is 5.92 Å². The van der Waals surface area contributed by atoms with E-state index in [1.54, 1.807) is 14.2 Å². The SMILES string of the molecule is COc1cc2c(cc1OC)C(c1cccc(C)c1)CNCC2. The van der Waals surface area contributed by atoms with Crippen molar-refractivity contribution in [2.45, 2.75) is 19.3 Å². The van der Waals surface area contributed by atoms with Crippen LogP contribution in [0, 0.1) is 6.92 Å². The van der Waals surface area contributed by atoms with E-state index in [0.717, 1.165) is 31.0 Å². The molecule has 0 spiro atoms. The average Bonchev–Trinajstić information content (AvgIpc) is 2.75. The summed E-state index contributed by atoms with van der Waals surface area (Å²) in [6.07, 6.45) is 1.01. The lowest BCUT2D eigenvalue weighted by atomic mass is 9.87. The van der Waals surface area contributed by atoms with Gasteiger partial charge in [0.2, 0.25) is 0 Å². The van der Waals surface area contributed by atoms with Crippen molar-refractivity contribution >= 4 is 0 Å². The van der Waals surface area contributed by atoms with Gasteiger partial charge in [0.05, 0.1) is 14.2 Å². The third kappa shape index (κ3) is 2.81. The zero-order valence-electron chi connectivity index (χ0n) is 13.5. The molecule has 0 aliphatic carbocycles. The molecule has 3 nitrogen and oxygen atoms in total. The molecule has 0 fully saturated rings. The summed E-state index contributed by atoms with van der Waals surface area (Å²) in [5.74, 6) is 1.96. The number of hydrogen-bond acceptors (Lipinski definition) is 3. The fourth-order valence-electron chi connectivity index (χ4n) is 3.24. The highest BCUT2D eigenvalue weighted by molar-refractivity contribution is 5.51. The predicted octanol–water partition coefficient (Wildman–Crippen LogP) is 3.29. The molecule has 0 saturated carbocycles. The van der Waals surface area contributed by atoms with Crippen molar-refractivity contribution in [2.75, 3.05) is 27.3 Å². The third-order valence-electron chi connectivity index (χ3n) is 4.38. The Morgan fingerprint density at radius 1 is 1.05 bits per heavy atom. The summed E-state index contributed by atoms with van der Waals surface area (Å²) < 4.78 is 11.0. The number of rotatable bonds is 3. The van der Waals surface area contributed by atoms with Gasteiger partial charge in [0.15, 0.2) is 11.5 Å². The number of benzene rings is 2. The van der Waals surface area contributed by atoms with Crippen LogP contribution in [0.3, 0.4) is 0 Å². The molecular weight excluding hydrogens is 274 g/mol. The van der Waals surface area contributed by atoms with Crippen molar-refractivity contribution in [3.8, 4) is 11.5 Å². The zero-order valence-corrected chi connectivity index (χ0v) is 13.5. The predicted molar refractivity (Wildman–Crippen MR) is 89.1 cm³/mol. The Hall–Kier alpha value is -2.00. The van der Waals surface area contributed by atoms with Crippen LogP contribution in [0.15, 0.2) is 36.4 Å². The summed E-state index contributed by atoms with van der Waals surface area (Å²) in [7, 11) is 3.39. The van der Waals surface area contributed by atoms with Crippen LogP contribution in [0.25, 0.3) is 0 Å². The summed E-state index contributed by atoms with van der Waals surface area (Å²) in [5.41, 5.74) is 5.33. The molecule has 22 heavy (non-hydrogen) atoms. The first kappa shape index (κ1) is 14.9. The Labute approximate surface area is 132 Å². The van der Waals surface area contributed by atoms with Crippen LogP contribution in [0.4, 0.5) is 0 Å². The minimum atomic E-state index is 0.345. The van der Waals surface area contributed by atoms with Crippen molar-refractivity contribution < 1.29 is 9.47 Å². The van der Waals surface area contributed by atoms with Crippen LogP contribution in [0.1, 0.15) is 28.2 Å². The Bertz CT molecular complexity index is 666. The summed E-state index contributed by atoms with van der Waals surface area (Å²) in [5, 5.41) is 3.56. The molecule has 0 amide bonds. The topological polar surface area (TPSA) is 30.5 Å². The van der Waals surface area contributed by atoms with Gasteiger partial charge in [0, 0.05) is 12.5 Å². The van der Waals surface area contributed by atoms with E-state index in [4.69, 9.17) is 9.47 Å². The van der Waals surface area contributed by atoms with Crippen LogP contribution in [0.5, 0.6) is 11.5 Å². The van der Waals surface area contributed by atoms with Gasteiger partial charge >= 0.3 is 0 Å². The number of nitrogens with one attached hydrogen (secondary N) is 1. The lowest BCUT2D eigenvalue weighted by molar-refractivity contribution is 0.354. The molecule has 116 valence electrons. The van der Waals surface area contributed by atoms with Crippen molar-refractivity contribution in [1.29, 1.82) is 0 Å². The number of fused-ring (bicyclic) bond motifs is 1. The van der Waals surface area contributed by atoms with Crippen LogP contribution in [-0.4, -0.2) is 27.3 Å². The summed E-state index contributed by atoms with van der Waals surface area (Å²) in [6.45, 7) is 4.08. The van der Waals surface area contributed by atoms with Crippen molar-refractivity contribution in [3.63, 3.8) is 0 Å². The average molecular weight is 297 g/mol. The second-order valence-electron chi connectivity index (χ2n) is 5.83. The van der Waals surface area contributed by atoms with Gasteiger partial charge < -0.3 is 14.8 Å². The minimum Gasteiger partial charge on any atom is -0.493 e. The summed E-state index contributed by atoms with van der Waals surface area (Å²) >= 11 is 0. The van der Waals surface area contributed by atoms with E-state index in [1.165, 1.54) is 22.3 Å². The van der Waals surface area contributed by atoms with E-state index in [2.05, 4.69) is 48.6 Å². The van der Waals surface area contributed by atoms with Gasteiger partial charge in [-0.2, -0.15) is 0 Å². The van der Waals surface area contributed by atoms with E-state index in [-0.39, 0.29) is 0 Å². The van der Waals surface area contributed by atoms with Crippen LogP contribution >= 0.6 is 0 Å². The molecule has 1 N–H and O–H groups in total. The van der Waals surface area contributed by atoms with Crippen molar-refractivity contribution in [1.82, 2.24) is 5.32 Å². The Balaban J connectivity index is 2.11. The van der Waals surface area contributed by atoms with Crippen LogP contribution < -0.4 is 14.8 Å². The second kappa shape index (κ2) is 6.41. The van der Waals surface area contributed by atoms with Crippen LogP contribution in [0.2, 0.25) is 0 Å². The lowest BCUT2D eigenvalue weighted by Gasteiger charge is -2.20. The summed E-state index contributed by atoms with van der Waals surface area (Å²) in [4.78, 5) is 0. The first-order chi connectivity index (χ1) is 10.7. The first-order valence-electron chi connectivity index (χ1n) is 7.75. The number of aryl methyl sites for hydroxylation is 1. The zero-order chi connectivity index (χ0) is 15.5. The lowest BCUT2D eigenvalue weighted by Crippen LogP contribution is -2.20. The molecule has 3 heteroatoms. The van der Waals surface area contributed by atoms with E-state index in [1.807, 2.05) is 0 Å². The van der Waals surface area contributed by atoms with Crippen molar-refractivity contribution in [2.24, 2.45) is 0 Å². The van der Waals surface area contributed by atoms with Crippen LogP contribution in [-0.2, 0) is 6.42 Å². The molecule has 0 saturated heterocycles. The van der Waals surface area contributed by atoms with E-state index in [9.17, 15) is 0 Å². The molecule has 2 aromatic rings. The number of hydrogen-bond donors (Lipinski definition) is 1. The largest absolute Gasteiger partial charge is 0.493 e. The highest BCUT2D eigenvalue weighted by atomic mass is 16.5. The molecule has 1 atom stereocenters. The van der Waals surface area contributed by atoms with Gasteiger partial charge in [-0.15, -0.1) is 0 Å². The van der Waals surface area contributed by atoms with Gasteiger partial charge in [0.1, 0.15) is 0 Å². The quantitative estimate of drug-likeness (QED) is 0.943. The molecular formula is C19H23NO2. The van der Waals surface area contributed by atoms with Gasteiger partial charge in [-0.05, 0) is 48.7 Å². The molecule has 2 aromatic carbocycles. The molecule has 1 unspecified atom stereocenters. The van der Waals surface area contributed by atoms with Gasteiger partial charge in [-0.3, -0.25) is 0 Å². The maximum absolute atomic E-state index is 5.51. The highest BCUT2D eigenvalue weighted by Gasteiger charge is 2.22. The van der Waals surface area contributed by atoms with E-state index >= 15 is 0 Å². The highest BCUT2D eigenvalue weighted by Crippen LogP contribution is 2.37. The third-order valence-corrected chi connectivity index (χ3v) is 4.38. The normalized spacial score (nSPS) is 17.5. The van der Waals surface area contributed by atoms with E-state index < -0.39 is 0 Å². The monoisotopic (exact) mass is 297 g/mol. The fraction of sp³-hybridized carbons (Fsp3) is 0.368. The smallest absolute Gasteiger partial charge is 0.161 e. The molecule has 3 rings (SSSR count). The molecule has 0 radical (unpaired) electrons. The molecule has 1 aliphatic rings. The number of ether oxygens (including phenoxy) is 2. The van der Waals surface area contributed by atoms with Gasteiger partial charge in [-0.1, -0.05) is 29.8 Å². The fourth-order valence-corrected chi connectivity index (χ4v) is 3.24. The van der Waals surface area contributed by atoms with Gasteiger partial charge in [0.25, 0.3) is 0 Å². The molecule has 1 heterocycles. The molecule has 0 bridgehead atoms. The standard InChI is InChI=1S/C19H23NO2/c1-13-5-4-6-14(9-13)17-12-20-8-7-15-10-18(21-2)19(22-3)11-16(15)17/h4-6,9-11,17,20H,7-8,12H2,1-3H3. The minimum absolute atomic E-state index is 0.345. The maximum atomic E-state index is 5.51. The Morgan fingerprint density at radius 3 is 2.55 bits per heavy atom. The van der Waals surface area contributed by atoms with Gasteiger partial charge in [-0.25, -0.2) is 0 Å². The molecule has 1 aliphatic heterocycles. The Morgan fingerprint density at radius 2 is 1.82 bits per heavy atom. The summed E-state index contributed by atoms with van der Waals surface area (Å²) in [6, 6.07) is 13.0. The maximum Gasteiger partial charge on any atom is 0.161 e.